The minimum Gasteiger partial charge on any atom is -0.367 e. The fourth-order valence-electron chi connectivity index (χ4n) is 1.71. The summed E-state index contributed by atoms with van der Waals surface area (Å²) in [6, 6.07) is 1.37. The van der Waals surface area contributed by atoms with Gasteiger partial charge in [-0.2, -0.15) is 0 Å². The zero-order valence-corrected chi connectivity index (χ0v) is 9.19. The van der Waals surface area contributed by atoms with E-state index in [4.69, 9.17) is 0 Å². The van der Waals surface area contributed by atoms with E-state index >= 15 is 0 Å². The Bertz CT molecular complexity index is 488. The maximum atomic E-state index is 12.0. The smallest absolute Gasteiger partial charge is 0.259 e. The van der Waals surface area contributed by atoms with E-state index in [0.29, 0.717) is 13.1 Å². The van der Waals surface area contributed by atoms with Crippen LogP contribution in [0, 0.1) is 0 Å². The molecule has 0 fully saturated rings. The van der Waals surface area contributed by atoms with E-state index in [0.717, 1.165) is 6.42 Å². The van der Waals surface area contributed by atoms with Gasteiger partial charge in [-0.25, -0.2) is 0 Å². The summed E-state index contributed by atoms with van der Waals surface area (Å²) in [5.74, 6) is -0.189. The molecule has 0 bridgehead atoms. The first-order chi connectivity index (χ1) is 7.68. The monoisotopic (exact) mass is 218 g/mol. The summed E-state index contributed by atoms with van der Waals surface area (Å²) in [4.78, 5) is 27.9. The van der Waals surface area contributed by atoms with Crippen LogP contribution in [-0.4, -0.2) is 28.9 Å². The highest BCUT2D eigenvalue weighted by molar-refractivity contribution is 5.94. The summed E-state index contributed by atoms with van der Waals surface area (Å²) in [6.45, 7) is 3.34. The summed E-state index contributed by atoms with van der Waals surface area (Å²) >= 11 is 0. The SMILES string of the molecule is CC1=CCN(C(=O)c2c[nH]ccc2=O)CC1. The molecule has 0 aromatic carbocycles. The summed E-state index contributed by atoms with van der Waals surface area (Å²) in [7, 11) is 0. The number of amides is 1. The molecule has 1 aromatic heterocycles. The number of aromatic amines is 1. The average molecular weight is 218 g/mol. The van der Waals surface area contributed by atoms with Crippen molar-refractivity contribution < 1.29 is 4.79 Å². The van der Waals surface area contributed by atoms with E-state index < -0.39 is 0 Å². The van der Waals surface area contributed by atoms with Crippen LogP contribution in [-0.2, 0) is 0 Å². The number of pyridine rings is 1. The Morgan fingerprint density at radius 1 is 1.50 bits per heavy atom. The zero-order chi connectivity index (χ0) is 11.5. The lowest BCUT2D eigenvalue weighted by Crippen LogP contribution is -2.37. The van der Waals surface area contributed by atoms with Gasteiger partial charge in [0.15, 0.2) is 5.43 Å². The third kappa shape index (κ3) is 2.05. The van der Waals surface area contributed by atoms with Crippen molar-refractivity contribution in [1.82, 2.24) is 9.88 Å². The van der Waals surface area contributed by atoms with Crippen LogP contribution >= 0.6 is 0 Å². The fourth-order valence-corrected chi connectivity index (χ4v) is 1.71. The maximum Gasteiger partial charge on any atom is 0.259 e. The molecule has 84 valence electrons. The second-order valence-corrected chi connectivity index (χ2v) is 3.97. The number of hydrogen-bond donors (Lipinski definition) is 1. The van der Waals surface area contributed by atoms with Crippen molar-refractivity contribution in [2.45, 2.75) is 13.3 Å². The number of H-pyrrole nitrogens is 1. The molecule has 1 aromatic rings. The van der Waals surface area contributed by atoms with Crippen LogP contribution in [0.2, 0.25) is 0 Å². The van der Waals surface area contributed by atoms with Gasteiger partial charge in [-0.05, 0) is 13.3 Å². The Morgan fingerprint density at radius 3 is 2.94 bits per heavy atom. The number of hydrogen-bond acceptors (Lipinski definition) is 2. The van der Waals surface area contributed by atoms with Crippen LogP contribution < -0.4 is 5.43 Å². The standard InChI is InChI=1S/C12H14N2O2/c1-9-3-6-14(7-4-9)12(16)10-8-13-5-2-11(10)15/h2-3,5,8H,4,6-7H2,1H3,(H,13,15). The van der Waals surface area contributed by atoms with E-state index in [9.17, 15) is 9.59 Å². The number of rotatable bonds is 1. The molecule has 1 aliphatic heterocycles. The van der Waals surface area contributed by atoms with Crippen LogP contribution in [0.1, 0.15) is 23.7 Å². The summed E-state index contributed by atoms with van der Waals surface area (Å²) in [5.41, 5.74) is 1.29. The van der Waals surface area contributed by atoms with Gasteiger partial charge < -0.3 is 9.88 Å². The topological polar surface area (TPSA) is 53.2 Å². The number of nitrogens with one attached hydrogen (secondary N) is 1. The first-order valence-electron chi connectivity index (χ1n) is 5.30. The van der Waals surface area contributed by atoms with Crippen molar-refractivity contribution in [3.63, 3.8) is 0 Å². The normalized spacial score (nSPS) is 15.8. The second-order valence-electron chi connectivity index (χ2n) is 3.97. The molecular formula is C12H14N2O2. The summed E-state index contributed by atoms with van der Waals surface area (Å²) in [6.07, 6.45) is 5.91. The number of nitrogens with zero attached hydrogens (tertiary/aromatic N) is 1. The summed E-state index contributed by atoms with van der Waals surface area (Å²) in [5, 5.41) is 0. The molecule has 16 heavy (non-hydrogen) atoms. The van der Waals surface area contributed by atoms with E-state index in [2.05, 4.69) is 11.9 Å². The Hall–Kier alpha value is -1.84. The van der Waals surface area contributed by atoms with Gasteiger partial charge in [-0.15, -0.1) is 0 Å². The van der Waals surface area contributed by atoms with Crippen LogP contribution in [0.15, 0.2) is 34.9 Å². The van der Waals surface area contributed by atoms with Crippen LogP contribution in [0.4, 0.5) is 0 Å². The van der Waals surface area contributed by atoms with Gasteiger partial charge in [0, 0.05) is 31.5 Å². The predicted octanol–water partition coefficient (Wildman–Crippen LogP) is 1.17. The molecule has 0 unspecified atom stereocenters. The molecule has 0 saturated carbocycles. The first-order valence-corrected chi connectivity index (χ1v) is 5.30. The van der Waals surface area contributed by atoms with Gasteiger partial charge in [0.05, 0.1) is 0 Å². The van der Waals surface area contributed by atoms with Gasteiger partial charge in [-0.1, -0.05) is 11.6 Å². The van der Waals surface area contributed by atoms with Crippen molar-refractivity contribution >= 4 is 5.91 Å². The zero-order valence-electron chi connectivity index (χ0n) is 9.19. The van der Waals surface area contributed by atoms with E-state index in [-0.39, 0.29) is 16.9 Å². The van der Waals surface area contributed by atoms with Crippen molar-refractivity contribution in [2.75, 3.05) is 13.1 Å². The van der Waals surface area contributed by atoms with Crippen molar-refractivity contribution in [1.29, 1.82) is 0 Å². The molecule has 2 heterocycles. The predicted molar refractivity (Wildman–Crippen MR) is 61.3 cm³/mol. The molecule has 0 atom stereocenters. The van der Waals surface area contributed by atoms with Crippen molar-refractivity contribution in [3.8, 4) is 0 Å². The third-order valence-electron chi connectivity index (χ3n) is 2.78. The van der Waals surface area contributed by atoms with Gasteiger partial charge in [0.2, 0.25) is 0 Å². The summed E-state index contributed by atoms with van der Waals surface area (Å²) < 4.78 is 0. The fraction of sp³-hybridized carbons (Fsp3) is 0.333. The highest BCUT2D eigenvalue weighted by atomic mass is 16.2. The minimum atomic E-state index is -0.227. The second kappa shape index (κ2) is 4.35. The molecule has 4 nitrogen and oxygen atoms in total. The lowest BCUT2D eigenvalue weighted by atomic mass is 10.1. The molecule has 0 spiro atoms. The van der Waals surface area contributed by atoms with Crippen LogP contribution in [0.5, 0.6) is 0 Å². The van der Waals surface area contributed by atoms with Crippen LogP contribution in [0.3, 0.4) is 0 Å². The lowest BCUT2D eigenvalue weighted by molar-refractivity contribution is 0.0767. The maximum absolute atomic E-state index is 12.0. The number of carbonyl (C=O) groups excluding carboxylic acids is 1. The number of aromatic nitrogens is 1. The van der Waals surface area contributed by atoms with E-state index in [1.165, 1.54) is 24.0 Å². The number of carbonyl (C=O) groups is 1. The lowest BCUT2D eigenvalue weighted by Gasteiger charge is -2.25. The molecule has 1 N–H and O–H groups in total. The molecule has 4 heteroatoms. The molecule has 1 amide bonds. The molecule has 1 aliphatic rings. The van der Waals surface area contributed by atoms with Crippen molar-refractivity contribution in [2.24, 2.45) is 0 Å². The van der Waals surface area contributed by atoms with Crippen LogP contribution in [0.25, 0.3) is 0 Å². The highest BCUT2D eigenvalue weighted by Gasteiger charge is 2.19. The van der Waals surface area contributed by atoms with Crippen molar-refractivity contribution in [3.05, 3.63) is 45.9 Å². The Balaban J connectivity index is 2.21. The third-order valence-corrected chi connectivity index (χ3v) is 2.78. The van der Waals surface area contributed by atoms with E-state index in [1.807, 2.05) is 6.08 Å². The van der Waals surface area contributed by atoms with Gasteiger partial charge >= 0.3 is 0 Å². The highest BCUT2D eigenvalue weighted by Crippen LogP contribution is 2.11. The van der Waals surface area contributed by atoms with Gasteiger partial charge in [0.25, 0.3) is 5.91 Å². The molecule has 0 aliphatic carbocycles. The molecule has 0 saturated heterocycles. The van der Waals surface area contributed by atoms with Gasteiger partial charge in [-0.3, -0.25) is 9.59 Å². The van der Waals surface area contributed by atoms with E-state index in [1.54, 1.807) is 4.90 Å². The first kappa shape index (κ1) is 10.7. The quantitative estimate of drug-likeness (QED) is 0.719. The Morgan fingerprint density at radius 2 is 2.31 bits per heavy atom. The largest absolute Gasteiger partial charge is 0.367 e. The average Bonchev–Trinajstić information content (AvgIpc) is 2.30. The van der Waals surface area contributed by atoms with Gasteiger partial charge in [0.1, 0.15) is 5.56 Å². The Labute approximate surface area is 93.6 Å². The molecule has 0 radical (unpaired) electrons. The Kier molecular flexibility index (Phi) is 2.90. The minimum absolute atomic E-state index is 0.189. The molecule has 2 rings (SSSR count). The molecular weight excluding hydrogens is 204 g/mol.